The van der Waals surface area contributed by atoms with E-state index in [1.54, 1.807) is 6.92 Å². The fourth-order valence-electron chi connectivity index (χ4n) is 2.90. The molecule has 3 rings (SSSR count). The molecule has 2 nitrogen and oxygen atoms in total. The van der Waals surface area contributed by atoms with Crippen LogP contribution in [0, 0.1) is 0 Å². The van der Waals surface area contributed by atoms with Gasteiger partial charge in [0.2, 0.25) is 0 Å². The maximum atomic E-state index is 12.7. The first-order chi connectivity index (χ1) is 12.7. The van der Waals surface area contributed by atoms with Crippen molar-refractivity contribution in [3.63, 3.8) is 0 Å². The van der Waals surface area contributed by atoms with Crippen LogP contribution in [0.25, 0.3) is 0 Å². The summed E-state index contributed by atoms with van der Waals surface area (Å²) < 4.78 is 14.1. The number of hydrogen-bond acceptors (Lipinski definition) is 2. The second-order valence-corrected chi connectivity index (χ2v) is 8.62. The second-order valence-electron chi connectivity index (χ2n) is 5.51. The summed E-state index contributed by atoms with van der Waals surface area (Å²) in [5.41, 5.74) is 0. The zero-order chi connectivity index (χ0) is 18.4. The molecular weight excluding hydrogens is 329 g/mol. The molecule has 0 unspecified atom stereocenters. The van der Waals surface area contributed by atoms with Crippen LogP contribution in [0.15, 0.2) is 91.0 Å². The van der Waals surface area contributed by atoms with E-state index in [2.05, 4.69) is 0 Å². The third-order valence-electron chi connectivity index (χ3n) is 3.96. The first-order valence-electron chi connectivity index (χ1n) is 8.78. The molecule has 0 N–H and O–H groups in total. The maximum absolute atomic E-state index is 12.7. The fraction of sp³-hybridized carbons (Fsp3) is 0.0909. The highest BCUT2D eigenvalue weighted by Gasteiger charge is 2.26. The molecule has 3 heteroatoms. The van der Waals surface area contributed by atoms with Crippen molar-refractivity contribution >= 4 is 34.5 Å². The summed E-state index contributed by atoms with van der Waals surface area (Å²) in [5, 5.41) is 2.90. The molecule has 0 spiro atoms. The topological polar surface area (TPSA) is 26.3 Å². The van der Waals surface area contributed by atoms with Crippen molar-refractivity contribution in [1.82, 2.24) is 0 Å². The summed E-state index contributed by atoms with van der Waals surface area (Å²) in [6, 6.07) is 29.6. The molecule has 0 aliphatic rings. The molecule has 0 amide bonds. The minimum Gasteiger partial charge on any atom is -0.463 e. The average molecular weight is 351 g/mol. The van der Waals surface area contributed by atoms with E-state index in [0.717, 1.165) is 15.9 Å². The van der Waals surface area contributed by atoms with Crippen molar-refractivity contribution in [3.05, 3.63) is 91.0 Å². The predicted octanol–water partition coefficient (Wildman–Crippen LogP) is 3.35. The summed E-state index contributed by atoms with van der Waals surface area (Å²) in [4.78, 5) is 12.7. The summed E-state index contributed by atoms with van der Waals surface area (Å²) in [5.74, 6) is -0.541. The Balaban J connectivity index is 2.48. The Morgan fingerprint density at radius 1 is 0.840 bits per heavy atom. The van der Waals surface area contributed by atoms with Gasteiger partial charge in [0.1, 0.15) is 0 Å². The molecule has 25 heavy (non-hydrogen) atoms. The minimum absolute atomic E-state index is 0.0166. The molecule has 3 aromatic carbocycles. The van der Waals surface area contributed by atoms with Gasteiger partial charge in [0.25, 0.3) is 0 Å². The highest BCUT2D eigenvalue weighted by Crippen LogP contribution is 2.43. The molecule has 0 aromatic heterocycles. The van der Waals surface area contributed by atoms with Gasteiger partial charge in [0.05, 0.1) is 7.98 Å². The molecule has 0 atom stereocenters. The summed E-state index contributed by atoms with van der Waals surface area (Å²) in [7, 11) is 0. The first-order valence-corrected chi connectivity index (χ1v) is 10.1. The number of esters is 1. The summed E-state index contributed by atoms with van der Waals surface area (Å²) in [6.07, 6.45) is 0. The van der Waals surface area contributed by atoms with Crippen molar-refractivity contribution in [2.24, 2.45) is 0 Å². The van der Waals surface area contributed by atoms with E-state index >= 15 is 0 Å². The smallest absolute Gasteiger partial charge is 0.331 e. The zero-order valence-corrected chi connectivity index (χ0v) is 15.0. The van der Waals surface area contributed by atoms with Gasteiger partial charge in [-0.3, -0.25) is 0 Å². The van der Waals surface area contributed by atoms with Gasteiger partial charge < -0.3 is 4.74 Å². The van der Waals surface area contributed by atoms with Gasteiger partial charge in [-0.1, -0.05) is 91.0 Å². The van der Waals surface area contributed by atoms with E-state index in [0.29, 0.717) is 0 Å². The van der Waals surface area contributed by atoms with Crippen LogP contribution < -0.4 is 15.9 Å². The van der Waals surface area contributed by atoms with E-state index in [-0.39, 0.29) is 12.4 Å². The third-order valence-corrected chi connectivity index (χ3v) is 7.70. The van der Waals surface area contributed by atoms with Crippen molar-refractivity contribution in [2.75, 3.05) is 6.61 Å². The highest BCUT2D eigenvalue weighted by molar-refractivity contribution is 7.95. The number of carbonyl (C=O) groups excluding carboxylic acids is 1. The Morgan fingerprint density at radius 2 is 1.20 bits per heavy atom. The van der Waals surface area contributed by atoms with Crippen LogP contribution in [-0.4, -0.2) is 18.3 Å². The lowest BCUT2D eigenvalue weighted by atomic mass is 10.4. The van der Waals surface area contributed by atoms with Crippen molar-refractivity contribution in [1.29, 1.82) is 0 Å². The van der Waals surface area contributed by atoms with E-state index in [9.17, 15) is 4.79 Å². The molecule has 0 bridgehead atoms. The van der Waals surface area contributed by atoms with Gasteiger partial charge in [-0.15, -0.1) is 0 Å². The molecule has 3 aromatic rings. The molecule has 0 saturated carbocycles. The Labute approximate surface area is 150 Å². The van der Waals surface area contributed by atoms with Gasteiger partial charge in [0, 0.05) is 5.77 Å². The third kappa shape index (κ3) is 3.60. The molecule has 126 valence electrons. The standard InChI is InChI=1S/C22H21O2P/c1-2-24-22(23)18-25(19-12-6-3-7-13-19,20-14-8-4-9-15-20)21-16-10-5-11-17-21/h3-18H,2H2,1H3/i18+1D,22+1. The molecular formula is C22H21O2P. The summed E-state index contributed by atoms with van der Waals surface area (Å²) >= 11 is 0. The van der Waals surface area contributed by atoms with Crippen LogP contribution in [-0.2, 0) is 9.53 Å². The quantitative estimate of drug-likeness (QED) is 0.400. The average Bonchev–Trinajstić information content (AvgIpc) is 2.71. The number of ether oxygens (including phenoxy) is 1. The van der Waals surface area contributed by atoms with Crippen LogP contribution in [0.2, 0.25) is 0 Å². The van der Waals surface area contributed by atoms with Crippen LogP contribution in [0.3, 0.4) is 0 Å². The SMILES string of the molecule is [2H][13C]([13C](=O)OCC)=P(c1ccccc1)(c1ccccc1)c1ccccc1. The zero-order valence-electron chi connectivity index (χ0n) is 15.1. The molecule has 0 aliphatic heterocycles. The van der Waals surface area contributed by atoms with E-state index < -0.39 is 12.9 Å². The minimum atomic E-state index is -2.62. The molecule has 0 radical (unpaired) electrons. The Kier molecular flexibility index (Phi) is 5.10. The van der Waals surface area contributed by atoms with Gasteiger partial charge in [-0.25, -0.2) is 4.79 Å². The second kappa shape index (κ2) is 8.00. The largest absolute Gasteiger partial charge is 0.463 e. The lowest BCUT2D eigenvalue weighted by Gasteiger charge is -2.28. The van der Waals surface area contributed by atoms with Crippen LogP contribution in [0.4, 0.5) is 0 Å². The van der Waals surface area contributed by atoms with Gasteiger partial charge >= 0.3 is 5.97 Å². The highest BCUT2D eigenvalue weighted by atomic mass is 31.2. The Bertz CT molecular complexity index is 819. The lowest BCUT2D eigenvalue weighted by molar-refractivity contribution is -0.134. The lowest BCUT2D eigenvalue weighted by Crippen LogP contribution is -2.29. The van der Waals surface area contributed by atoms with Crippen molar-refractivity contribution in [2.45, 2.75) is 6.92 Å². The normalized spacial score (nSPS) is 11.5. The molecule has 0 fully saturated rings. The van der Waals surface area contributed by atoms with Gasteiger partial charge in [-0.2, -0.15) is 0 Å². The fourth-order valence-corrected chi connectivity index (χ4v) is 6.37. The molecule has 0 heterocycles. The van der Waals surface area contributed by atoms with Crippen LogP contribution in [0.5, 0.6) is 0 Å². The molecule has 0 saturated heterocycles. The van der Waals surface area contributed by atoms with Crippen molar-refractivity contribution < 1.29 is 10.9 Å². The van der Waals surface area contributed by atoms with Crippen molar-refractivity contribution in [3.8, 4) is 0 Å². The summed E-state index contributed by atoms with van der Waals surface area (Å²) in [6.45, 7) is -0.609. The van der Waals surface area contributed by atoms with Crippen LogP contribution >= 0.6 is 6.89 Å². The predicted molar refractivity (Wildman–Crippen MR) is 108 cm³/mol. The number of hydrogen-bond donors (Lipinski definition) is 0. The van der Waals surface area contributed by atoms with E-state index in [1.165, 1.54) is 0 Å². The first kappa shape index (κ1) is 15.9. The van der Waals surface area contributed by atoms with E-state index in [4.69, 9.17) is 6.11 Å². The Morgan fingerprint density at radius 3 is 1.52 bits per heavy atom. The Hall–Kier alpha value is -2.57. The molecule has 0 aliphatic carbocycles. The maximum Gasteiger partial charge on any atom is 0.331 e. The number of rotatable bonds is 5. The van der Waals surface area contributed by atoms with E-state index in [1.807, 2.05) is 91.0 Å². The number of carbonyl (C=O) groups is 1. The van der Waals surface area contributed by atoms with Gasteiger partial charge in [0.15, 0.2) is 0 Å². The van der Waals surface area contributed by atoms with Gasteiger partial charge in [-0.05, 0) is 29.7 Å². The number of benzene rings is 3. The monoisotopic (exact) mass is 351 g/mol. The van der Waals surface area contributed by atoms with Crippen LogP contribution in [0.1, 0.15) is 8.29 Å².